The Bertz CT molecular complexity index is 914. The van der Waals surface area contributed by atoms with Crippen molar-refractivity contribution in [1.82, 2.24) is 14.3 Å². The standard InChI is InChI=1S/C15H16N4OS/c1-9-6-5-7-11-13(9)19(4)15(21-11)16-14(20)12-10(2)8-18(3)17-12/h5-8H,1-4H3. The van der Waals surface area contributed by atoms with E-state index in [1.54, 1.807) is 11.7 Å². The van der Waals surface area contributed by atoms with E-state index in [0.29, 0.717) is 10.5 Å². The molecule has 0 unspecified atom stereocenters. The fraction of sp³-hybridized carbons (Fsp3) is 0.267. The number of carbonyl (C=O) groups is 1. The third kappa shape index (κ3) is 2.31. The van der Waals surface area contributed by atoms with Crippen LogP contribution in [0.3, 0.4) is 0 Å². The molecule has 0 aliphatic carbocycles. The predicted octanol–water partition coefficient (Wildman–Crippen LogP) is 2.33. The number of hydrogen-bond donors (Lipinski definition) is 0. The molecule has 0 radical (unpaired) electrons. The Morgan fingerprint density at radius 2 is 2.00 bits per heavy atom. The summed E-state index contributed by atoms with van der Waals surface area (Å²) in [5, 5.41) is 4.18. The van der Waals surface area contributed by atoms with Crippen LogP contribution in [0.25, 0.3) is 10.2 Å². The summed E-state index contributed by atoms with van der Waals surface area (Å²) in [5.41, 5.74) is 3.54. The lowest BCUT2D eigenvalue weighted by Crippen LogP contribution is -2.14. The number of amides is 1. The molecule has 0 aliphatic heterocycles. The highest BCUT2D eigenvalue weighted by Gasteiger charge is 2.13. The maximum absolute atomic E-state index is 12.3. The number of benzene rings is 1. The quantitative estimate of drug-likeness (QED) is 0.692. The van der Waals surface area contributed by atoms with Gasteiger partial charge in [0.2, 0.25) is 0 Å². The van der Waals surface area contributed by atoms with Crippen LogP contribution in [0.15, 0.2) is 29.4 Å². The lowest BCUT2D eigenvalue weighted by Gasteiger charge is -1.98. The lowest BCUT2D eigenvalue weighted by atomic mass is 10.2. The number of fused-ring (bicyclic) bond motifs is 1. The van der Waals surface area contributed by atoms with Crippen LogP contribution < -0.4 is 4.80 Å². The van der Waals surface area contributed by atoms with Crippen LogP contribution in [0.4, 0.5) is 0 Å². The van der Waals surface area contributed by atoms with Crippen molar-refractivity contribution in [2.75, 3.05) is 0 Å². The SMILES string of the molecule is Cc1cn(C)nc1C(=O)N=c1sc2cccc(C)c2n1C. The Hall–Kier alpha value is -2.21. The van der Waals surface area contributed by atoms with E-state index < -0.39 is 0 Å². The number of aryl methyl sites for hydroxylation is 4. The molecule has 2 aromatic heterocycles. The molecule has 0 saturated carbocycles. The minimum absolute atomic E-state index is 0.298. The smallest absolute Gasteiger partial charge is 0.300 e. The molecular weight excluding hydrogens is 284 g/mol. The van der Waals surface area contributed by atoms with Gasteiger partial charge in [-0.2, -0.15) is 10.1 Å². The maximum Gasteiger partial charge on any atom is 0.300 e. The van der Waals surface area contributed by atoms with Crippen LogP contribution in [0.1, 0.15) is 21.6 Å². The van der Waals surface area contributed by atoms with E-state index in [0.717, 1.165) is 15.8 Å². The summed E-state index contributed by atoms with van der Waals surface area (Å²) in [5.74, 6) is -0.298. The third-order valence-electron chi connectivity index (χ3n) is 3.44. The van der Waals surface area contributed by atoms with E-state index >= 15 is 0 Å². The molecule has 108 valence electrons. The summed E-state index contributed by atoms with van der Waals surface area (Å²) in [6.45, 7) is 3.92. The largest absolute Gasteiger partial charge is 0.319 e. The van der Waals surface area contributed by atoms with Gasteiger partial charge in [0, 0.05) is 25.9 Å². The van der Waals surface area contributed by atoms with Gasteiger partial charge in [-0.3, -0.25) is 9.48 Å². The highest BCUT2D eigenvalue weighted by molar-refractivity contribution is 7.16. The van der Waals surface area contributed by atoms with Gasteiger partial charge in [-0.15, -0.1) is 0 Å². The molecule has 0 saturated heterocycles. The topological polar surface area (TPSA) is 52.2 Å². The van der Waals surface area contributed by atoms with Gasteiger partial charge in [-0.25, -0.2) is 0 Å². The highest BCUT2D eigenvalue weighted by Crippen LogP contribution is 2.19. The van der Waals surface area contributed by atoms with Gasteiger partial charge in [-0.05, 0) is 25.5 Å². The molecule has 0 fully saturated rings. The Kier molecular flexibility index (Phi) is 3.25. The maximum atomic E-state index is 12.3. The van der Waals surface area contributed by atoms with Gasteiger partial charge in [0.05, 0.1) is 10.2 Å². The van der Waals surface area contributed by atoms with E-state index in [4.69, 9.17) is 0 Å². The Morgan fingerprint density at radius 1 is 1.24 bits per heavy atom. The number of aromatic nitrogens is 3. The van der Waals surface area contributed by atoms with Gasteiger partial charge in [0.1, 0.15) is 0 Å². The second-order valence-electron chi connectivity index (χ2n) is 5.12. The van der Waals surface area contributed by atoms with Crippen LogP contribution in [0, 0.1) is 13.8 Å². The minimum atomic E-state index is -0.298. The van der Waals surface area contributed by atoms with Crippen molar-refractivity contribution >= 4 is 27.5 Å². The first-order valence-electron chi connectivity index (χ1n) is 6.62. The van der Waals surface area contributed by atoms with Crippen LogP contribution in [0.2, 0.25) is 0 Å². The van der Waals surface area contributed by atoms with E-state index in [1.165, 1.54) is 16.9 Å². The molecule has 0 aliphatic rings. The van der Waals surface area contributed by atoms with Crippen LogP contribution in [-0.2, 0) is 14.1 Å². The van der Waals surface area contributed by atoms with E-state index in [1.807, 2.05) is 36.9 Å². The average Bonchev–Trinajstić information content (AvgIpc) is 2.91. The molecular formula is C15H16N4OS. The predicted molar refractivity (Wildman–Crippen MR) is 83.4 cm³/mol. The Morgan fingerprint density at radius 3 is 2.62 bits per heavy atom. The van der Waals surface area contributed by atoms with Gasteiger partial charge in [-0.1, -0.05) is 23.5 Å². The molecule has 0 N–H and O–H groups in total. The zero-order valence-corrected chi connectivity index (χ0v) is 13.2. The summed E-state index contributed by atoms with van der Waals surface area (Å²) in [6, 6.07) is 6.12. The summed E-state index contributed by atoms with van der Waals surface area (Å²) in [4.78, 5) is 17.3. The Balaban J connectivity index is 2.16. The molecule has 5 nitrogen and oxygen atoms in total. The van der Waals surface area contributed by atoms with Crippen molar-refractivity contribution in [3.63, 3.8) is 0 Å². The molecule has 3 rings (SSSR count). The minimum Gasteiger partial charge on any atom is -0.319 e. The van der Waals surface area contributed by atoms with Gasteiger partial charge < -0.3 is 4.57 Å². The molecule has 21 heavy (non-hydrogen) atoms. The molecule has 3 aromatic rings. The molecule has 1 amide bonds. The van der Waals surface area contributed by atoms with Crippen LogP contribution in [0.5, 0.6) is 0 Å². The molecule has 6 heteroatoms. The molecule has 0 spiro atoms. The van der Waals surface area contributed by atoms with Crippen molar-refractivity contribution in [2.45, 2.75) is 13.8 Å². The molecule has 1 aromatic carbocycles. The van der Waals surface area contributed by atoms with Gasteiger partial charge in [0.15, 0.2) is 10.5 Å². The van der Waals surface area contributed by atoms with Crippen molar-refractivity contribution in [3.05, 3.63) is 46.0 Å². The van der Waals surface area contributed by atoms with Gasteiger partial charge in [0.25, 0.3) is 5.91 Å². The van der Waals surface area contributed by atoms with Crippen molar-refractivity contribution in [2.24, 2.45) is 19.1 Å². The molecule has 2 heterocycles. The van der Waals surface area contributed by atoms with E-state index in [9.17, 15) is 4.79 Å². The first-order valence-corrected chi connectivity index (χ1v) is 7.43. The fourth-order valence-electron chi connectivity index (χ4n) is 2.46. The van der Waals surface area contributed by atoms with E-state index in [-0.39, 0.29) is 5.91 Å². The zero-order valence-electron chi connectivity index (χ0n) is 12.4. The number of hydrogen-bond acceptors (Lipinski definition) is 3. The van der Waals surface area contributed by atoms with Crippen molar-refractivity contribution < 1.29 is 4.79 Å². The first kappa shape index (κ1) is 13.8. The fourth-order valence-corrected chi connectivity index (χ4v) is 3.56. The molecule has 0 bridgehead atoms. The van der Waals surface area contributed by atoms with Crippen LogP contribution >= 0.6 is 11.3 Å². The first-order chi connectivity index (χ1) is 9.97. The second kappa shape index (κ2) is 4.96. The van der Waals surface area contributed by atoms with Gasteiger partial charge >= 0.3 is 0 Å². The second-order valence-corrected chi connectivity index (χ2v) is 6.13. The van der Waals surface area contributed by atoms with Crippen molar-refractivity contribution in [3.8, 4) is 0 Å². The normalized spacial score (nSPS) is 12.3. The average molecular weight is 300 g/mol. The Labute approximate surface area is 126 Å². The summed E-state index contributed by atoms with van der Waals surface area (Å²) in [7, 11) is 3.73. The zero-order chi connectivity index (χ0) is 15.1. The van der Waals surface area contributed by atoms with Crippen molar-refractivity contribution in [1.29, 1.82) is 0 Å². The van der Waals surface area contributed by atoms with E-state index in [2.05, 4.69) is 23.1 Å². The number of rotatable bonds is 1. The monoisotopic (exact) mass is 300 g/mol. The summed E-state index contributed by atoms with van der Waals surface area (Å²) in [6.07, 6.45) is 1.82. The lowest BCUT2D eigenvalue weighted by molar-refractivity contribution is 0.0992. The third-order valence-corrected chi connectivity index (χ3v) is 4.53. The highest BCUT2D eigenvalue weighted by atomic mass is 32.1. The number of nitrogens with zero attached hydrogens (tertiary/aromatic N) is 4. The summed E-state index contributed by atoms with van der Waals surface area (Å²) >= 11 is 1.51. The summed E-state index contributed by atoms with van der Waals surface area (Å²) < 4.78 is 4.72. The number of thiazole rings is 1. The number of carbonyl (C=O) groups excluding carboxylic acids is 1. The molecule has 0 atom stereocenters. The number of para-hydroxylation sites is 1. The van der Waals surface area contributed by atoms with Crippen LogP contribution in [-0.4, -0.2) is 20.3 Å².